The van der Waals surface area contributed by atoms with Gasteiger partial charge in [-0.25, -0.2) is 0 Å². The predicted molar refractivity (Wildman–Crippen MR) is 62.4 cm³/mol. The second-order valence-electron chi connectivity index (χ2n) is 3.44. The van der Waals surface area contributed by atoms with E-state index >= 15 is 0 Å². The molecular formula is C13H7ClF3O. The van der Waals surface area contributed by atoms with Gasteiger partial charge in [0.05, 0.1) is 0 Å². The SMILES string of the molecule is FC(F)(F)Oc1[c]cccc1-c1ccccc1Cl. The van der Waals surface area contributed by atoms with Crippen molar-refractivity contribution in [3.8, 4) is 16.9 Å². The van der Waals surface area contributed by atoms with Crippen LogP contribution in [0.25, 0.3) is 11.1 Å². The lowest BCUT2D eigenvalue weighted by molar-refractivity contribution is -0.274. The summed E-state index contributed by atoms with van der Waals surface area (Å²) in [5.74, 6) is -0.391. The average molecular weight is 272 g/mol. The first-order valence-electron chi connectivity index (χ1n) is 4.99. The van der Waals surface area contributed by atoms with E-state index in [1.165, 1.54) is 12.1 Å². The van der Waals surface area contributed by atoms with Gasteiger partial charge >= 0.3 is 6.36 Å². The molecule has 0 N–H and O–H groups in total. The number of ether oxygens (including phenoxy) is 1. The minimum absolute atomic E-state index is 0.250. The van der Waals surface area contributed by atoms with E-state index in [1.54, 1.807) is 30.3 Å². The van der Waals surface area contributed by atoms with Crippen LogP contribution >= 0.6 is 11.6 Å². The van der Waals surface area contributed by atoms with Crippen LogP contribution in [-0.2, 0) is 0 Å². The molecule has 93 valence electrons. The topological polar surface area (TPSA) is 9.23 Å². The van der Waals surface area contributed by atoms with E-state index in [-0.39, 0.29) is 5.56 Å². The fraction of sp³-hybridized carbons (Fsp3) is 0.0769. The van der Waals surface area contributed by atoms with Gasteiger partial charge in [0.2, 0.25) is 0 Å². The molecule has 18 heavy (non-hydrogen) atoms. The molecule has 1 radical (unpaired) electrons. The maximum Gasteiger partial charge on any atom is 0.573 e. The van der Waals surface area contributed by atoms with Crippen molar-refractivity contribution in [3.63, 3.8) is 0 Å². The van der Waals surface area contributed by atoms with Gasteiger partial charge in [0.1, 0.15) is 5.75 Å². The monoisotopic (exact) mass is 271 g/mol. The maximum absolute atomic E-state index is 12.3. The van der Waals surface area contributed by atoms with E-state index in [4.69, 9.17) is 11.6 Å². The summed E-state index contributed by atoms with van der Waals surface area (Å²) in [7, 11) is 0. The van der Waals surface area contributed by atoms with Crippen molar-refractivity contribution >= 4 is 11.6 Å². The fourth-order valence-electron chi connectivity index (χ4n) is 1.51. The molecule has 0 bridgehead atoms. The first-order chi connectivity index (χ1) is 8.47. The van der Waals surface area contributed by atoms with Crippen molar-refractivity contribution in [2.24, 2.45) is 0 Å². The number of hydrogen-bond donors (Lipinski definition) is 0. The Balaban J connectivity index is 2.49. The van der Waals surface area contributed by atoms with Crippen molar-refractivity contribution < 1.29 is 17.9 Å². The first-order valence-corrected chi connectivity index (χ1v) is 5.36. The van der Waals surface area contributed by atoms with Crippen LogP contribution in [0.5, 0.6) is 5.75 Å². The Bertz CT molecular complexity index is 552. The van der Waals surface area contributed by atoms with Crippen LogP contribution in [0.15, 0.2) is 42.5 Å². The molecule has 0 atom stereocenters. The van der Waals surface area contributed by atoms with Gasteiger partial charge in [-0.1, -0.05) is 48.0 Å². The molecule has 0 fully saturated rings. The van der Waals surface area contributed by atoms with Crippen LogP contribution in [0, 0.1) is 6.07 Å². The Hall–Kier alpha value is -1.68. The smallest absolute Gasteiger partial charge is 0.404 e. The molecule has 5 heteroatoms. The summed E-state index contributed by atoms with van der Waals surface area (Å²) in [6.45, 7) is 0. The highest BCUT2D eigenvalue weighted by molar-refractivity contribution is 6.33. The molecule has 1 nitrogen and oxygen atoms in total. The Morgan fingerprint density at radius 1 is 1.00 bits per heavy atom. The quantitative estimate of drug-likeness (QED) is 0.769. The fourth-order valence-corrected chi connectivity index (χ4v) is 1.75. The van der Waals surface area contributed by atoms with Gasteiger partial charge in [0.15, 0.2) is 0 Å². The third kappa shape index (κ3) is 2.96. The minimum Gasteiger partial charge on any atom is -0.404 e. The third-order valence-electron chi connectivity index (χ3n) is 2.20. The molecule has 0 aliphatic carbocycles. The summed E-state index contributed by atoms with van der Waals surface area (Å²) in [5, 5.41) is 0.351. The zero-order valence-electron chi connectivity index (χ0n) is 8.96. The van der Waals surface area contributed by atoms with Crippen LogP contribution in [0.4, 0.5) is 13.2 Å². The predicted octanol–water partition coefficient (Wildman–Crippen LogP) is 4.71. The van der Waals surface area contributed by atoms with Gasteiger partial charge in [0.25, 0.3) is 0 Å². The van der Waals surface area contributed by atoms with E-state index in [2.05, 4.69) is 10.8 Å². The minimum atomic E-state index is -4.76. The molecule has 0 saturated carbocycles. The molecule has 0 aliphatic heterocycles. The molecule has 0 amide bonds. The van der Waals surface area contributed by atoms with Gasteiger partial charge in [-0.15, -0.1) is 13.2 Å². The van der Waals surface area contributed by atoms with Crippen LogP contribution in [0.3, 0.4) is 0 Å². The zero-order valence-corrected chi connectivity index (χ0v) is 9.72. The van der Waals surface area contributed by atoms with Crippen molar-refractivity contribution in [3.05, 3.63) is 53.6 Å². The van der Waals surface area contributed by atoms with Crippen molar-refractivity contribution in [1.82, 2.24) is 0 Å². The first kappa shape index (κ1) is 12.8. The molecule has 2 aromatic carbocycles. The van der Waals surface area contributed by atoms with Gasteiger partial charge in [0, 0.05) is 22.2 Å². The lowest BCUT2D eigenvalue weighted by Gasteiger charge is -2.13. The molecular weight excluding hydrogens is 265 g/mol. The van der Waals surface area contributed by atoms with Crippen molar-refractivity contribution in [1.29, 1.82) is 0 Å². The highest BCUT2D eigenvalue weighted by atomic mass is 35.5. The van der Waals surface area contributed by atoms with Crippen LogP contribution in [-0.4, -0.2) is 6.36 Å². The summed E-state index contributed by atoms with van der Waals surface area (Å²) < 4.78 is 40.7. The van der Waals surface area contributed by atoms with Gasteiger partial charge in [-0.3, -0.25) is 0 Å². The maximum atomic E-state index is 12.3. The molecule has 2 rings (SSSR count). The normalized spacial score (nSPS) is 11.3. The van der Waals surface area contributed by atoms with Crippen molar-refractivity contribution in [2.75, 3.05) is 0 Å². The summed E-state index contributed by atoms with van der Waals surface area (Å²) in [5.41, 5.74) is 0.718. The second-order valence-corrected chi connectivity index (χ2v) is 3.85. The lowest BCUT2D eigenvalue weighted by Crippen LogP contribution is -2.17. The Labute approximate surface area is 107 Å². The molecule has 0 spiro atoms. The number of alkyl halides is 3. The largest absolute Gasteiger partial charge is 0.573 e. The molecule has 0 heterocycles. The van der Waals surface area contributed by atoms with Gasteiger partial charge in [-0.2, -0.15) is 0 Å². The molecule has 0 unspecified atom stereocenters. The van der Waals surface area contributed by atoms with Crippen LogP contribution < -0.4 is 4.74 Å². The van der Waals surface area contributed by atoms with Gasteiger partial charge < -0.3 is 4.74 Å². The highest BCUT2D eigenvalue weighted by Gasteiger charge is 2.32. The molecule has 0 aliphatic rings. The van der Waals surface area contributed by atoms with Crippen LogP contribution in [0.1, 0.15) is 0 Å². The Kier molecular flexibility index (Phi) is 3.48. The zero-order chi connectivity index (χ0) is 13.2. The van der Waals surface area contributed by atoms with E-state index in [9.17, 15) is 13.2 Å². The average Bonchev–Trinajstić information content (AvgIpc) is 2.29. The molecule has 0 saturated heterocycles. The number of halogens is 4. The van der Waals surface area contributed by atoms with E-state index < -0.39 is 12.1 Å². The second kappa shape index (κ2) is 4.90. The van der Waals surface area contributed by atoms with Crippen LogP contribution in [0.2, 0.25) is 5.02 Å². The van der Waals surface area contributed by atoms with E-state index in [0.29, 0.717) is 10.6 Å². The lowest BCUT2D eigenvalue weighted by atomic mass is 10.0. The van der Waals surface area contributed by atoms with E-state index in [0.717, 1.165) is 0 Å². The van der Waals surface area contributed by atoms with E-state index in [1.807, 2.05) is 0 Å². The summed E-state index contributed by atoms with van der Waals surface area (Å²) in [4.78, 5) is 0. The van der Waals surface area contributed by atoms with Crippen molar-refractivity contribution in [2.45, 2.75) is 6.36 Å². The Morgan fingerprint density at radius 3 is 2.33 bits per heavy atom. The highest BCUT2D eigenvalue weighted by Crippen LogP contribution is 2.36. The molecule has 2 aromatic rings. The summed E-state index contributed by atoms with van der Waals surface area (Å²) in [6.07, 6.45) is -4.76. The third-order valence-corrected chi connectivity index (χ3v) is 2.53. The Morgan fingerprint density at radius 2 is 1.67 bits per heavy atom. The summed E-state index contributed by atoms with van der Waals surface area (Å²) >= 11 is 5.95. The van der Waals surface area contributed by atoms with Gasteiger partial charge in [-0.05, 0) is 6.07 Å². The summed E-state index contributed by atoms with van der Waals surface area (Å²) in [6, 6.07) is 13.4. The molecule has 0 aromatic heterocycles. The number of hydrogen-bond acceptors (Lipinski definition) is 1. The number of para-hydroxylation sites is 1. The number of benzene rings is 2. The standard InChI is InChI=1S/C13H7ClF3O/c14-11-7-3-1-5-9(11)10-6-2-4-8-12(10)18-13(15,16)17/h1-7H. The number of rotatable bonds is 2.